The van der Waals surface area contributed by atoms with Crippen molar-refractivity contribution in [3.05, 3.63) is 64.9 Å². The van der Waals surface area contributed by atoms with Gasteiger partial charge in [0, 0.05) is 17.8 Å². The summed E-state index contributed by atoms with van der Waals surface area (Å²) in [5, 5.41) is 13.6. The van der Waals surface area contributed by atoms with Gasteiger partial charge < -0.3 is 10.1 Å². The van der Waals surface area contributed by atoms with Crippen LogP contribution in [0.4, 0.5) is 5.82 Å². The highest BCUT2D eigenvalue weighted by Crippen LogP contribution is 2.32. The Labute approximate surface area is 144 Å². The summed E-state index contributed by atoms with van der Waals surface area (Å²) in [6, 6.07) is 15.6. The smallest absolute Gasteiger partial charge is 0.168 e. The molecule has 0 amide bonds. The molecule has 0 spiro atoms. The standard InChI is InChI=1S/C18H15ClN4O/c19-13-6-4-12(5-7-13)17-14(8-10-24-17)21-18-15(11-20)23-9-2-1-3-16(23)22-18/h1-7,9,14,17,21H,8,10H2. The molecule has 0 aliphatic carbocycles. The van der Waals surface area contributed by atoms with Gasteiger partial charge in [-0.25, -0.2) is 4.98 Å². The second-order valence-electron chi connectivity index (χ2n) is 5.73. The minimum absolute atomic E-state index is 0.0585. The Morgan fingerprint density at radius 2 is 2.08 bits per heavy atom. The zero-order valence-electron chi connectivity index (χ0n) is 12.8. The number of pyridine rings is 1. The van der Waals surface area contributed by atoms with Gasteiger partial charge in [-0.2, -0.15) is 5.26 Å². The highest BCUT2D eigenvalue weighted by atomic mass is 35.5. The summed E-state index contributed by atoms with van der Waals surface area (Å²) >= 11 is 5.96. The molecule has 3 heterocycles. The molecule has 1 saturated heterocycles. The van der Waals surface area contributed by atoms with Crippen molar-refractivity contribution >= 4 is 23.1 Å². The summed E-state index contributed by atoms with van der Waals surface area (Å²) in [4.78, 5) is 4.54. The van der Waals surface area contributed by atoms with Gasteiger partial charge in [-0.05, 0) is 36.2 Å². The maximum absolute atomic E-state index is 9.50. The fourth-order valence-corrected chi connectivity index (χ4v) is 3.22. The van der Waals surface area contributed by atoms with Crippen molar-refractivity contribution in [1.82, 2.24) is 9.38 Å². The number of benzene rings is 1. The van der Waals surface area contributed by atoms with Gasteiger partial charge in [0.15, 0.2) is 11.5 Å². The van der Waals surface area contributed by atoms with Crippen LogP contribution in [0.1, 0.15) is 23.8 Å². The first-order valence-electron chi connectivity index (χ1n) is 7.77. The second kappa shape index (κ2) is 6.16. The van der Waals surface area contributed by atoms with Crippen molar-refractivity contribution in [3.63, 3.8) is 0 Å². The number of anilines is 1. The molecule has 3 aromatic rings. The van der Waals surface area contributed by atoms with Gasteiger partial charge in [-0.3, -0.25) is 4.40 Å². The first kappa shape index (κ1) is 15.0. The van der Waals surface area contributed by atoms with E-state index in [1.54, 1.807) is 4.40 Å². The maximum atomic E-state index is 9.50. The number of imidazole rings is 1. The van der Waals surface area contributed by atoms with Crippen molar-refractivity contribution in [1.29, 1.82) is 5.26 Å². The van der Waals surface area contributed by atoms with E-state index in [9.17, 15) is 5.26 Å². The van der Waals surface area contributed by atoms with E-state index in [4.69, 9.17) is 16.3 Å². The lowest BCUT2D eigenvalue weighted by Gasteiger charge is -2.20. The van der Waals surface area contributed by atoms with E-state index in [1.165, 1.54) is 0 Å². The van der Waals surface area contributed by atoms with Crippen LogP contribution < -0.4 is 5.32 Å². The predicted octanol–water partition coefficient (Wildman–Crippen LogP) is 3.80. The normalized spacial score (nSPS) is 20.2. The molecule has 2 unspecified atom stereocenters. The summed E-state index contributed by atoms with van der Waals surface area (Å²) in [5.41, 5.74) is 2.32. The van der Waals surface area contributed by atoms with E-state index in [0.717, 1.165) is 17.6 Å². The Balaban J connectivity index is 1.65. The molecule has 0 bridgehead atoms. The van der Waals surface area contributed by atoms with E-state index < -0.39 is 0 Å². The van der Waals surface area contributed by atoms with Gasteiger partial charge in [0.25, 0.3) is 0 Å². The Morgan fingerprint density at radius 1 is 1.25 bits per heavy atom. The molecular formula is C18H15ClN4O. The maximum Gasteiger partial charge on any atom is 0.168 e. The van der Waals surface area contributed by atoms with Crippen LogP contribution in [-0.2, 0) is 4.74 Å². The molecule has 1 aliphatic heterocycles. The molecule has 6 heteroatoms. The fourth-order valence-electron chi connectivity index (χ4n) is 3.10. The fraction of sp³-hybridized carbons (Fsp3) is 0.222. The molecule has 5 nitrogen and oxygen atoms in total. The molecule has 120 valence electrons. The summed E-state index contributed by atoms with van der Waals surface area (Å²) in [7, 11) is 0. The van der Waals surface area contributed by atoms with Crippen LogP contribution in [-0.4, -0.2) is 22.0 Å². The van der Waals surface area contributed by atoms with Gasteiger partial charge in [-0.1, -0.05) is 29.8 Å². The van der Waals surface area contributed by atoms with Crippen LogP contribution in [0, 0.1) is 11.3 Å². The van der Waals surface area contributed by atoms with Crippen LogP contribution in [0.3, 0.4) is 0 Å². The molecule has 24 heavy (non-hydrogen) atoms. The van der Waals surface area contributed by atoms with E-state index in [1.807, 2.05) is 48.7 Å². The molecule has 0 radical (unpaired) electrons. The Morgan fingerprint density at radius 3 is 2.88 bits per heavy atom. The Hall–Kier alpha value is -2.55. The van der Waals surface area contributed by atoms with Crippen molar-refractivity contribution < 1.29 is 4.74 Å². The number of aromatic nitrogens is 2. The summed E-state index contributed by atoms with van der Waals surface area (Å²) in [6.07, 6.45) is 2.61. The monoisotopic (exact) mass is 338 g/mol. The highest BCUT2D eigenvalue weighted by Gasteiger charge is 2.31. The Bertz CT molecular complexity index is 913. The van der Waals surface area contributed by atoms with Gasteiger partial charge >= 0.3 is 0 Å². The third-order valence-corrected chi connectivity index (χ3v) is 4.50. The van der Waals surface area contributed by atoms with Gasteiger partial charge in [0.05, 0.1) is 6.04 Å². The molecule has 2 atom stereocenters. The third-order valence-electron chi connectivity index (χ3n) is 4.25. The predicted molar refractivity (Wildman–Crippen MR) is 92.1 cm³/mol. The molecule has 1 N–H and O–H groups in total. The van der Waals surface area contributed by atoms with Gasteiger partial charge in [0.2, 0.25) is 0 Å². The number of nitrogens with one attached hydrogen (secondary N) is 1. The number of fused-ring (bicyclic) bond motifs is 1. The number of hydrogen-bond donors (Lipinski definition) is 1. The van der Waals surface area contributed by atoms with Gasteiger partial charge in [-0.15, -0.1) is 0 Å². The number of halogens is 1. The topological polar surface area (TPSA) is 62.3 Å². The average molecular weight is 339 g/mol. The molecule has 1 fully saturated rings. The average Bonchev–Trinajstić information content (AvgIpc) is 3.19. The van der Waals surface area contributed by atoms with Crippen molar-refractivity contribution in [2.24, 2.45) is 0 Å². The zero-order chi connectivity index (χ0) is 16.5. The van der Waals surface area contributed by atoms with E-state index in [0.29, 0.717) is 23.1 Å². The van der Waals surface area contributed by atoms with Crippen LogP contribution in [0.5, 0.6) is 0 Å². The van der Waals surface area contributed by atoms with Crippen LogP contribution in [0.2, 0.25) is 5.02 Å². The van der Waals surface area contributed by atoms with Gasteiger partial charge in [0.1, 0.15) is 17.8 Å². The first-order chi connectivity index (χ1) is 11.8. The molecule has 4 rings (SSSR count). The highest BCUT2D eigenvalue weighted by molar-refractivity contribution is 6.30. The SMILES string of the molecule is N#Cc1c(NC2CCOC2c2ccc(Cl)cc2)nc2ccccn12. The third kappa shape index (κ3) is 2.60. The van der Waals surface area contributed by atoms with Crippen molar-refractivity contribution in [2.75, 3.05) is 11.9 Å². The second-order valence-corrected chi connectivity index (χ2v) is 6.17. The zero-order valence-corrected chi connectivity index (χ0v) is 13.6. The molecular weight excluding hydrogens is 324 g/mol. The van der Waals surface area contributed by atoms with Crippen molar-refractivity contribution in [2.45, 2.75) is 18.6 Å². The lowest BCUT2D eigenvalue weighted by Crippen LogP contribution is -2.23. The van der Waals surface area contributed by atoms with E-state index >= 15 is 0 Å². The van der Waals surface area contributed by atoms with E-state index in [2.05, 4.69) is 16.4 Å². The van der Waals surface area contributed by atoms with Crippen LogP contribution >= 0.6 is 11.6 Å². The number of hydrogen-bond acceptors (Lipinski definition) is 4. The minimum atomic E-state index is -0.0846. The molecule has 1 aromatic carbocycles. The minimum Gasteiger partial charge on any atom is -0.371 e. The summed E-state index contributed by atoms with van der Waals surface area (Å²) < 4.78 is 7.68. The van der Waals surface area contributed by atoms with Crippen molar-refractivity contribution in [3.8, 4) is 6.07 Å². The molecule has 2 aromatic heterocycles. The number of nitrogens with zero attached hydrogens (tertiary/aromatic N) is 3. The first-order valence-corrected chi connectivity index (χ1v) is 8.15. The molecule has 0 saturated carbocycles. The number of ether oxygens (including phenoxy) is 1. The molecule has 1 aliphatic rings. The quantitative estimate of drug-likeness (QED) is 0.789. The summed E-state index contributed by atoms with van der Waals surface area (Å²) in [6.45, 7) is 0.667. The lowest BCUT2D eigenvalue weighted by molar-refractivity contribution is 0.107. The van der Waals surface area contributed by atoms with Crippen LogP contribution in [0.15, 0.2) is 48.7 Å². The number of rotatable bonds is 3. The summed E-state index contributed by atoms with van der Waals surface area (Å²) in [5.74, 6) is 0.596. The lowest BCUT2D eigenvalue weighted by atomic mass is 10.0. The van der Waals surface area contributed by atoms with E-state index in [-0.39, 0.29) is 12.1 Å². The largest absolute Gasteiger partial charge is 0.371 e. The Kier molecular flexibility index (Phi) is 3.85. The van der Waals surface area contributed by atoms with Crippen LogP contribution in [0.25, 0.3) is 5.65 Å². The number of nitriles is 1.